The van der Waals surface area contributed by atoms with Crippen LogP contribution in [0.2, 0.25) is 5.02 Å². The number of halogens is 2. The molecule has 0 aliphatic heterocycles. The van der Waals surface area contributed by atoms with Crippen LogP contribution < -0.4 is 5.32 Å². The number of benzene rings is 1. The van der Waals surface area contributed by atoms with E-state index in [4.69, 9.17) is 16.3 Å². The second kappa shape index (κ2) is 6.69. The minimum absolute atomic E-state index is 0.255. The normalized spacial score (nSPS) is 10.8. The summed E-state index contributed by atoms with van der Waals surface area (Å²) in [5.41, 5.74) is 1.09. The van der Waals surface area contributed by atoms with E-state index in [1.165, 1.54) is 23.1 Å². The lowest BCUT2D eigenvalue weighted by atomic mass is 10.2. The van der Waals surface area contributed by atoms with Crippen molar-refractivity contribution in [3.8, 4) is 0 Å². The third-order valence-electron chi connectivity index (χ3n) is 3.37. The molecule has 124 valence electrons. The van der Waals surface area contributed by atoms with E-state index in [-0.39, 0.29) is 5.91 Å². The summed E-state index contributed by atoms with van der Waals surface area (Å²) in [6.45, 7) is 0. The number of methoxy groups -OCH3 is 1. The van der Waals surface area contributed by atoms with Crippen LogP contribution in [0.15, 0.2) is 24.4 Å². The summed E-state index contributed by atoms with van der Waals surface area (Å²) in [7, 11) is 3.02. The Bertz CT molecular complexity index is 947. The molecule has 2 heterocycles. The number of aryl methyl sites for hydroxylation is 1. The van der Waals surface area contributed by atoms with E-state index in [1.54, 1.807) is 31.4 Å². The fourth-order valence-electron chi connectivity index (χ4n) is 2.22. The first-order valence-corrected chi connectivity index (χ1v) is 8.99. The summed E-state index contributed by atoms with van der Waals surface area (Å²) in [5.74, 6) is -0.731. The number of rotatable bonds is 3. The highest BCUT2D eigenvalue weighted by Crippen LogP contribution is 2.37. The predicted molar refractivity (Wildman–Crippen MR) is 102 cm³/mol. The average molecular weight is 476 g/mol. The molecule has 0 radical (unpaired) electrons. The van der Waals surface area contributed by atoms with E-state index < -0.39 is 5.97 Å². The maximum absolute atomic E-state index is 12.4. The minimum Gasteiger partial charge on any atom is -0.465 e. The van der Waals surface area contributed by atoms with Gasteiger partial charge >= 0.3 is 5.97 Å². The first-order chi connectivity index (χ1) is 11.4. The van der Waals surface area contributed by atoms with E-state index in [9.17, 15) is 9.59 Å². The number of fused-ring (bicyclic) bond motifs is 1. The second-order valence-electron chi connectivity index (χ2n) is 4.87. The van der Waals surface area contributed by atoms with Gasteiger partial charge in [0.15, 0.2) is 0 Å². The van der Waals surface area contributed by atoms with Gasteiger partial charge in [-0.1, -0.05) is 11.6 Å². The van der Waals surface area contributed by atoms with Gasteiger partial charge in [0.1, 0.15) is 10.6 Å². The molecule has 24 heavy (non-hydrogen) atoms. The molecule has 0 aliphatic rings. The summed E-state index contributed by atoms with van der Waals surface area (Å²) in [4.78, 5) is 24.5. The minimum atomic E-state index is -0.476. The molecule has 0 unspecified atom stereocenters. The first kappa shape index (κ1) is 17.2. The SMILES string of the molecule is COC(=O)c1sc2cc(NC(=O)c3c(I)cnn3C)ccc2c1Cl. The molecule has 6 nitrogen and oxygen atoms in total. The molecule has 3 aromatic rings. The molecule has 0 spiro atoms. The number of carbonyl (C=O) groups excluding carboxylic acids is 2. The van der Waals surface area contributed by atoms with Crippen LogP contribution in [0.4, 0.5) is 5.69 Å². The lowest BCUT2D eigenvalue weighted by Crippen LogP contribution is -2.17. The van der Waals surface area contributed by atoms with Crippen LogP contribution in [0.1, 0.15) is 20.2 Å². The monoisotopic (exact) mass is 475 g/mol. The zero-order valence-electron chi connectivity index (χ0n) is 12.6. The quantitative estimate of drug-likeness (QED) is 0.460. The number of nitrogens with one attached hydrogen (secondary N) is 1. The van der Waals surface area contributed by atoms with Crippen LogP contribution in [-0.4, -0.2) is 28.8 Å². The number of nitrogens with zero attached hydrogens (tertiary/aromatic N) is 2. The van der Waals surface area contributed by atoms with Crippen LogP contribution in [-0.2, 0) is 11.8 Å². The van der Waals surface area contributed by atoms with Gasteiger partial charge in [-0.15, -0.1) is 11.3 Å². The van der Waals surface area contributed by atoms with Crippen molar-refractivity contribution in [2.24, 2.45) is 7.05 Å². The maximum Gasteiger partial charge on any atom is 0.349 e. The van der Waals surface area contributed by atoms with Gasteiger partial charge in [0.2, 0.25) is 0 Å². The zero-order valence-corrected chi connectivity index (χ0v) is 16.3. The van der Waals surface area contributed by atoms with Crippen LogP contribution in [0.25, 0.3) is 10.1 Å². The van der Waals surface area contributed by atoms with Gasteiger partial charge < -0.3 is 10.1 Å². The maximum atomic E-state index is 12.4. The van der Waals surface area contributed by atoms with E-state index in [0.29, 0.717) is 21.3 Å². The molecule has 1 aromatic carbocycles. The molecular weight excluding hydrogens is 465 g/mol. The van der Waals surface area contributed by atoms with Crippen LogP contribution in [0.5, 0.6) is 0 Å². The van der Waals surface area contributed by atoms with Crippen molar-refractivity contribution in [2.75, 3.05) is 12.4 Å². The van der Waals surface area contributed by atoms with Crippen molar-refractivity contribution in [2.45, 2.75) is 0 Å². The van der Waals surface area contributed by atoms with Crippen molar-refractivity contribution >= 4 is 73.2 Å². The Balaban J connectivity index is 1.94. The standard InChI is InChI=1S/C15H11ClIN3O3S/c1-20-12(9(17)6-18-20)14(21)19-7-3-4-8-10(5-7)24-13(11(8)16)15(22)23-2/h3-6H,1-2H3,(H,19,21). The van der Waals surface area contributed by atoms with Gasteiger partial charge in [-0.05, 0) is 40.8 Å². The fourth-order valence-corrected chi connectivity index (χ4v) is 4.41. The number of anilines is 1. The Morgan fingerprint density at radius 2 is 2.17 bits per heavy atom. The predicted octanol–water partition coefficient (Wildman–Crippen LogP) is 3.93. The van der Waals surface area contributed by atoms with Gasteiger partial charge in [-0.2, -0.15) is 5.10 Å². The number of thiophene rings is 1. The lowest BCUT2D eigenvalue weighted by molar-refractivity contribution is 0.0606. The van der Waals surface area contributed by atoms with Crippen molar-refractivity contribution in [3.05, 3.63) is 43.6 Å². The molecule has 1 N–H and O–H groups in total. The molecule has 2 aromatic heterocycles. The Morgan fingerprint density at radius 3 is 2.79 bits per heavy atom. The summed E-state index contributed by atoms with van der Waals surface area (Å²) in [5, 5.41) is 7.99. The number of hydrogen-bond acceptors (Lipinski definition) is 5. The van der Waals surface area contributed by atoms with Crippen LogP contribution >= 0.6 is 45.5 Å². The van der Waals surface area contributed by atoms with Gasteiger partial charge in [0.25, 0.3) is 5.91 Å². The molecule has 0 saturated carbocycles. The van der Waals surface area contributed by atoms with Gasteiger partial charge in [0.05, 0.1) is 21.9 Å². The third-order valence-corrected chi connectivity index (χ3v) is 5.79. The number of ether oxygens (including phenoxy) is 1. The molecular formula is C15H11ClIN3O3S. The lowest BCUT2D eigenvalue weighted by Gasteiger charge is -2.06. The molecule has 1 amide bonds. The molecule has 0 saturated heterocycles. The van der Waals surface area contributed by atoms with E-state index in [2.05, 4.69) is 33.0 Å². The number of esters is 1. The summed E-state index contributed by atoms with van der Waals surface area (Å²) in [6, 6.07) is 5.28. The molecule has 9 heteroatoms. The van der Waals surface area contributed by atoms with Crippen LogP contribution in [0.3, 0.4) is 0 Å². The Kier molecular flexibility index (Phi) is 4.79. The first-order valence-electron chi connectivity index (χ1n) is 6.71. The second-order valence-corrected chi connectivity index (χ2v) is 7.46. The summed E-state index contributed by atoms with van der Waals surface area (Å²) in [6.07, 6.45) is 1.63. The summed E-state index contributed by atoms with van der Waals surface area (Å²) < 4.78 is 7.80. The largest absolute Gasteiger partial charge is 0.465 e. The number of carbonyl (C=O) groups is 2. The van der Waals surface area contributed by atoms with Crippen molar-refractivity contribution in [3.63, 3.8) is 0 Å². The van der Waals surface area contributed by atoms with E-state index >= 15 is 0 Å². The molecule has 0 bridgehead atoms. The Labute approximate surface area is 159 Å². The van der Waals surface area contributed by atoms with Gasteiger partial charge in [0, 0.05) is 22.8 Å². The highest BCUT2D eigenvalue weighted by atomic mass is 127. The topological polar surface area (TPSA) is 73.2 Å². The van der Waals surface area contributed by atoms with E-state index in [1.807, 2.05) is 0 Å². The summed E-state index contributed by atoms with van der Waals surface area (Å²) >= 11 is 9.51. The fraction of sp³-hybridized carbons (Fsp3) is 0.133. The molecule has 0 atom stereocenters. The smallest absolute Gasteiger partial charge is 0.349 e. The molecule has 0 fully saturated rings. The van der Waals surface area contributed by atoms with Crippen LogP contribution in [0, 0.1) is 3.57 Å². The molecule has 3 rings (SSSR count). The zero-order chi connectivity index (χ0) is 17.4. The number of amides is 1. The van der Waals surface area contributed by atoms with E-state index in [0.717, 1.165) is 13.7 Å². The third kappa shape index (κ3) is 3.01. The van der Waals surface area contributed by atoms with Crippen molar-refractivity contribution < 1.29 is 14.3 Å². The van der Waals surface area contributed by atoms with Crippen molar-refractivity contribution in [1.82, 2.24) is 9.78 Å². The average Bonchev–Trinajstić information content (AvgIpc) is 3.06. The number of aromatic nitrogens is 2. The number of hydrogen-bond donors (Lipinski definition) is 1. The highest BCUT2D eigenvalue weighted by molar-refractivity contribution is 14.1. The molecule has 0 aliphatic carbocycles. The highest BCUT2D eigenvalue weighted by Gasteiger charge is 2.19. The Hall–Kier alpha value is -1.65. The Morgan fingerprint density at radius 1 is 1.42 bits per heavy atom. The van der Waals surface area contributed by atoms with Crippen molar-refractivity contribution in [1.29, 1.82) is 0 Å². The van der Waals surface area contributed by atoms with Gasteiger partial charge in [-0.25, -0.2) is 4.79 Å². The van der Waals surface area contributed by atoms with Gasteiger partial charge in [-0.3, -0.25) is 9.48 Å².